The van der Waals surface area contributed by atoms with Gasteiger partial charge in [-0.05, 0) is 55.0 Å². The van der Waals surface area contributed by atoms with Crippen LogP contribution in [0.3, 0.4) is 0 Å². The van der Waals surface area contributed by atoms with Crippen molar-refractivity contribution in [3.05, 3.63) is 53.0 Å². The lowest BCUT2D eigenvalue weighted by atomic mass is 10.3. The fourth-order valence-corrected chi connectivity index (χ4v) is 3.66. The maximum atomic E-state index is 12.2. The molecule has 2 aromatic carbocycles. The molecule has 0 bridgehead atoms. The van der Waals surface area contributed by atoms with E-state index >= 15 is 0 Å². The Morgan fingerprint density at radius 2 is 1.71 bits per heavy atom. The third kappa shape index (κ3) is 5.35. The standard InChI is InChI=1S/C17H18BrNO4S/c1-23-15-8-10-16(11-9-15)24(21,22)12-2-3-17(20)19-14-6-4-13(18)5-7-14/h4-11H,2-3,12H2,1H3,(H,19,20). The quantitative estimate of drug-likeness (QED) is 0.754. The molecule has 2 rings (SSSR count). The molecule has 0 aliphatic heterocycles. The van der Waals surface area contributed by atoms with Gasteiger partial charge in [-0.25, -0.2) is 8.42 Å². The van der Waals surface area contributed by atoms with Crippen molar-refractivity contribution in [1.82, 2.24) is 0 Å². The highest BCUT2D eigenvalue weighted by Gasteiger charge is 2.15. The van der Waals surface area contributed by atoms with Crippen molar-refractivity contribution in [2.45, 2.75) is 17.7 Å². The van der Waals surface area contributed by atoms with E-state index in [-0.39, 0.29) is 29.4 Å². The number of carbonyl (C=O) groups is 1. The molecule has 0 radical (unpaired) electrons. The van der Waals surface area contributed by atoms with Gasteiger partial charge in [0.25, 0.3) is 0 Å². The molecule has 0 aromatic heterocycles. The first kappa shape index (κ1) is 18.5. The minimum Gasteiger partial charge on any atom is -0.497 e. The van der Waals surface area contributed by atoms with Crippen molar-refractivity contribution >= 4 is 37.4 Å². The number of carbonyl (C=O) groups excluding carboxylic acids is 1. The van der Waals surface area contributed by atoms with Gasteiger partial charge in [-0.3, -0.25) is 4.79 Å². The number of amides is 1. The Balaban J connectivity index is 1.85. The van der Waals surface area contributed by atoms with E-state index in [9.17, 15) is 13.2 Å². The van der Waals surface area contributed by atoms with E-state index in [4.69, 9.17) is 4.74 Å². The fourth-order valence-electron chi connectivity index (χ4n) is 2.08. The molecule has 0 spiro atoms. The second kappa shape index (κ2) is 8.30. The van der Waals surface area contributed by atoms with Crippen LogP contribution in [0.15, 0.2) is 57.9 Å². The van der Waals surface area contributed by atoms with Gasteiger partial charge >= 0.3 is 0 Å². The number of anilines is 1. The van der Waals surface area contributed by atoms with Crippen molar-refractivity contribution in [2.75, 3.05) is 18.2 Å². The zero-order valence-corrected chi connectivity index (χ0v) is 15.6. The summed E-state index contributed by atoms with van der Waals surface area (Å²) >= 11 is 3.32. The summed E-state index contributed by atoms with van der Waals surface area (Å²) < 4.78 is 30.4. The number of rotatable bonds is 7. The van der Waals surface area contributed by atoms with Crippen LogP contribution in [0.2, 0.25) is 0 Å². The van der Waals surface area contributed by atoms with Crippen LogP contribution in [-0.4, -0.2) is 27.2 Å². The third-order valence-electron chi connectivity index (χ3n) is 3.36. The van der Waals surface area contributed by atoms with E-state index in [1.165, 1.54) is 19.2 Å². The van der Waals surface area contributed by atoms with Crippen molar-refractivity contribution in [3.63, 3.8) is 0 Å². The second-order valence-corrected chi connectivity index (χ2v) is 8.18. The average molecular weight is 412 g/mol. The number of nitrogens with one attached hydrogen (secondary N) is 1. The Morgan fingerprint density at radius 1 is 1.08 bits per heavy atom. The lowest BCUT2D eigenvalue weighted by molar-refractivity contribution is -0.116. The maximum absolute atomic E-state index is 12.2. The molecule has 5 nitrogen and oxygen atoms in total. The molecule has 0 aliphatic rings. The molecule has 0 fully saturated rings. The fraction of sp³-hybridized carbons (Fsp3) is 0.235. The SMILES string of the molecule is COc1ccc(S(=O)(=O)CCCC(=O)Nc2ccc(Br)cc2)cc1. The van der Waals surface area contributed by atoms with Crippen LogP contribution in [0.25, 0.3) is 0 Å². The first-order valence-corrected chi connectivity index (χ1v) is 9.77. The highest BCUT2D eigenvalue weighted by molar-refractivity contribution is 9.10. The molecule has 0 saturated carbocycles. The number of sulfone groups is 1. The van der Waals surface area contributed by atoms with E-state index in [0.29, 0.717) is 11.4 Å². The summed E-state index contributed by atoms with van der Waals surface area (Å²) in [5.41, 5.74) is 0.682. The van der Waals surface area contributed by atoms with Crippen molar-refractivity contribution in [1.29, 1.82) is 0 Å². The predicted molar refractivity (Wildman–Crippen MR) is 97.1 cm³/mol. The first-order chi connectivity index (χ1) is 11.4. The number of benzene rings is 2. The molecule has 0 unspecified atom stereocenters. The Kier molecular flexibility index (Phi) is 6.39. The number of halogens is 1. The lowest BCUT2D eigenvalue weighted by Crippen LogP contribution is -2.14. The molecular formula is C17H18BrNO4S. The van der Waals surface area contributed by atoms with Gasteiger partial charge < -0.3 is 10.1 Å². The summed E-state index contributed by atoms with van der Waals surface area (Å²) in [5.74, 6) is 0.317. The molecule has 1 N–H and O–H groups in total. The van der Waals surface area contributed by atoms with E-state index in [1.54, 1.807) is 24.3 Å². The van der Waals surface area contributed by atoms with Gasteiger partial charge in [0, 0.05) is 16.6 Å². The molecule has 0 atom stereocenters. The molecule has 0 aliphatic carbocycles. The van der Waals surface area contributed by atoms with Gasteiger partial charge in [0.15, 0.2) is 9.84 Å². The Morgan fingerprint density at radius 3 is 2.29 bits per heavy atom. The summed E-state index contributed by atoms with van der Waals surface area (Å²) in [7, 11) is -1.88. The van der Waals surface area contributed by atoms with Crippen LogP contribution >= 0.6 is 15.9 Å². The van der Waals surface area contributed by atoms with Crippen LogP contribution in [0.1, 0.15) is 12.8 Å². The van der Waals surface area contributed by atoms with Gasteiger partial charge in [0.2, 0.25) is 5.91 Å². The van der Waals surface area contributed by atoms with Gasteiger partial charge in [-0.15, -0.1) is 0 Å². The lowest BCUT2D eigenvalue weighted by Gasteiger charge is -2.07. The number of ether oxygens (including phenoxy) is 1. The number of methoxy groups -OCH3 is 1. The van der Waals surface area contributed by atoms with Crippen LogP contribution in [-0.2, 0) is 14.6 Å². The van der Waals surface area contributed by atoms with E-state index < -0.39 is 9.84 Å². The van der Waals surface area contributed by atoms with E-state index in [1.807, 2.05) is 12.1 Å². The highest BCUT2D eigenvalue weighted by atomic mass is 79.9. The minimum atomic E-state index is -3.40. The predicted octanol–water partition coefficient (Wildman–Crippen LogP) is 3.65. The molecule has 1 amide bonds. The third-order valence-corrected chi connectivity index (χ3v) is 5.71. The molecule has 24 heavy (non-hydrogen) atoms. The topological polar surface area (TPSA) is 72.5 Å². The second-order valence-electron chi connectivity index (χ2n) is 5.15. The van der Waals surface area contributed by atoms with E-state index in [2.05, 4.69) is 21.2 Å². The molecule has 0 heterocycles. The summed E-state index contributed by atoms with van der Waals surface area (Å²) in [6, 6.07) is 13.4. The molecule has 128 valence electrons. The van der Waals surface area contributed by atoms with Gasteiger partial charge in [-0.1, -0.05) is 15.9 Å². The summed E-state index contributed by atoms with van der Waals surface area (Å²) in [6.45, 7) is 0. The van der Waals surface area contributed by atoms with Gasteiger partial charge in [0.05, 0.1) is 17.8 Å². The normalized spacial score (nSPS) is 11.1. The highest BCUT2D eigenvalue weighted by Crippen LogP contribution is 2.18. The Hall–Kier alpha value is -1.86. The smallest absolute Gasteiger partial charge is 0.224 e. The monoisotopic (exact) mass is 411 g/mol. The van der Waals surface area contributed by atoms with E-state index in [0.717, 1.165) is 4.47 Å². The van der Waals surface area contributed by atoms with Crippen LogP contribution < -0.4 is 10.1 Å². The van der Waals surface area contributed by atoms with Crippen molar-refractivity contribution < 1.29 is 17.9 Å². The Bertz CT molecular complexity index is 786. The summed E-state index contributed by atoms with van der Waals surface area (Å²) in [4.78, 5) is 12.1. The summed E-state index contributed by atoms with van der Waals surface area (Å²) in [5, 5.41) is 2.74. The van der Waals surface area contributed by atoms with Gasteiger partial charge in [0.1, 0.15) is 5.75 Å². The maximum Gasteiger partial charge on any atom is 0.224 e. The number of hydrogen-bond acceptors (Lipinski definition) is 4. The number of hydrogen-bond donors (Lipinski definition) is 1. The largest absolute Gasteiger partial charge is 0.497 e. The Labute approximate surface area is 150 Å². The van der Waals surface area contributed by atoms with Gasteiger partial charge in [-0.2, -0.15) is 0 Å². The molecular weight excluding hydrogens is 394 g/mol. The van der Waals surface area contributed by atoms with Crippen LogP contribution in [0.4, 0.5) is 5.69 Å². The first-order valence-electron chi connectivity index (χ1n) is 7.33. The zero-order valence-electron chi connectivity index (χ0n) is 13.2. The van der Waals surface area contributed by atoms with Crippen molar-refractivity contribution in [3.8, 4) is 5.75 Å². The van der Waals surface area contributed by atoms with Crippen LogP contribution in [0, 0.1) is 0 Å². The molecule has 2 aromatic rings. The minimum absolute atomic E-state index is 0.0763. The van der Waals surface area contributed by atoms with Crippen LogP contribution in [0.5, 0.6) is 5.75 Å². The average Bonchev–Trinajstić information content (AvgIpc) is 2.57. The van der Waals surface area contributed by atoms with Crippen molar-refractivity contribution in [2.24, 2.45) is 0 Å². The summed E-state index contributed by atoms with van der Waals surface area (Å²) in [6.07, 6.45) is 0.405. The zero-order chi connectivity index (χ0) is 17.6. The molecule has 0 saturated heterocycles. The molecule has 7 heteroatoms.